The van der Waals surface area contributed by atoms with Gasteiger partial charge in [-0.1, -0.05) is 0 Å². The fourth-order valence-corrected chi connectivity index (χ4v) is 1.61. The molecule has 1 saturated heterocycles. The summed E-state index contributed by atoms with van der Waals surface area (Å²) in [6.07, 6.45) is 2.48. The van der Waals surface area contributed by atoms with Crippen LogP contribution in [0.25, 0.3) is 0 Å². The van der Waals surface area contributed by atoms with Gasteiger partial charge in [-0.2, -0.15) is 0 Å². The molecule has 0 aromatic carbocycles. The molecule has 1 atom stereocenters. The Bertz CT molecular complexity index is 220. The van der Waals surface area contributed by atoms with Crippen LogP contribution in [-0.4, -0.2) is 25.6 Å². The van der Waals surface area contributed by atoms with E-state index in [4.69, 9.17) is 14.2 Å². The van der Waals surface area contributed by atoms with Gasteiger partial charge in [0.05, 0.1) is 13.4 Å². The number of hydrogen-bond donors (Lipinski definition) is 0. The average molecular weight is 186 g/mol. The fourth-order valence-electron chi connectivity index (χ4n) is 1.61. The molecule has 0 aromatic heterocycles. The highest BCUT2D eigenvalue weighted by molar-refractivity contribution is 5.12. The maximum absolute atomic E-state index is 5.54. The Hall–Kier alpha value is -0.540. The smallest absolute Gasteiger partial charge is 0.201 e. The van der Waals surface area contributed by atoms with E-state index in [1.807, 2.05) is 20.8 Å². The van der Waals surface area contributed by atoms with Crippen LogP contribution in [0.15, 0.2) is 11.8 Å². The van der Waals surface area contributed by atoms with Crippen LogP contribution in [0.1, 0.15) is 27.2 Å². The molecule has 13 heavy (non-hydrogen) atoms. The average Bonchev–Trinajstić information content (AvgIpc) is 2.54. The predicted molar refractivity (Wildman–Crippen MR) is 50.3 cm³/mol. The van der Waals surface area contributed by atoms with E-state index < -0.39 is 5.79 Å². The van der Waals surface area contributed by atoms with E-state index in [-0.39, 0.29) is 5.60 Å². The van der Waals surface area contributed by atoms with Crippen LogP contribution in [0.5, 0.6) is 0 Å². The van der Waals surface area contributed by atoms with Crippen molar-refractivity contribution in [2.45, 2.75) is 38.6 Å². The standard InChI is InChI=1S/C10H18O3/c1-8(7-11-4)6-10(12-5)9(2,3)13-10/h7H,6H2,1-5H3. The summed E-state index contributed by atoms with van der Waals surface area (Å²) in [5.74, 6) is -0.438. The number of epoxide rings is 1. The molecule has 0 aliphatic carbocycles. The van der Waals surface area contributed by atoms with Gasteiger partial charge in [-0.25, -0.2) is 0 Å². The van der Waals surface area contributed by atoms with Gasteiger partial charge < -0.3 is 14.2 Å². The molecule has 1 aliphatic heterocycles. The second-order valence-corrected chi connectivity index (χ2v) is 3.95. The maximum atomic E-state index is 5.54. The summed E-state index contributed by atoms with van der Waals surface area (Å²) in [6, 6.07) is 0. The van der Waals surface area contributed by atoms with Gasteiger partial charge in [-0.3, -0.25) is 0 Å². The fraction of sp³-hybridized carbons (Fsp3) is 0.800. The molecule has 1 aliphatic rings. The van der Waals surface area contributed by atoms with E-state index in [2.05, 4.69) is 0 Å². The van der Waals surface area contributed by atoms with Crippen molar-refractivity contribution in [2.24, 2.45) is 0 Å². The second-order valence-electron chi connectivity index (χ2n) is 3.95. The summed E-state index contributed by atoms with van der Waals surface area (Å²) < 4.78 is 15.8. The molecule has 0 radical (unpaired) electrons. The van der Waals surface area contributed by atoms with Crippen LogP contribution < -0.4 is 0 Å². The first-order chi connectivity index (χ1) is 5.97. The quantitative estimate of drug-likeness (QED) is 0.497. The second kappa shape index (κ2) is 3.31. The highest BCUT2D eigenvalue weighted by Gasteiger charge is 2.64. The van der Waals surface area contributed by atoms with Crippen molar-refractivity contribution in [1.29, 1.82) is 0 Å². The van der Waals surface area contributed by atoms with Crippen LogP contribution in [0.2, 0.25) is 0 Å². The lowest BCUT2D eigenvalue weighted by atomic mass is 10.0. The van der Waals surface area contributed by atoms with Crippen LogP contribution in [0.4, 0.5) is 0 Å². The minimum atomic E-state index is -0.438. The first-order valence-corrected chi connectivity index (χ1v) is 4.41. The molecule has 0 N–H and O–H groups in total. The number of methoxy groups -OCH3 is 2. The Balaban J connectivity index is 2.58. The molecule has 0 spiro atoms. The van der Waals surface area contributed by atoms with Gasteiger partial charge >= 0.3 is 0 Å². The predicted octanol–water partition coefficient (Wildman–Crippen LogP) is 2.08. The topological polar surface area (TPSA) is 31.0 Å². The number of hydrogen-bond acceptors (Lipinski definition) is 3. The Morgan fingerprint density at radius 1 is 1.38 bits per heavy atom. The molecule has 1 rings (SSSR count). The third kappa shape index (κ3) is 1.86. The third-order valence-corrected chi connectivity index (χ3v) is 2.46. The monoisotopic (exact) mass is 186 g/mol. The van der Waals surface area contributed by atoms with E-state index in [1.54, 1.807) is 20.5 Å². The van der Waals surface area contributed by atoms with E-state index in [9.17, 15) is 0 Å². The first-order valence-electron chi connectivity index (χ1n) is 4.41. The van der Waals surface area contributed by atoms with Gasteiger partial charge in [0.25, 0.3) is 0 Å². The van der Waals surface area contributed by atoms with Crippen molar-refractivity contribution in [3.63, 3.8) is 0 Å². The largest absolute Gasteiger partial charge is 0.504 e. The zero-order chi connectivity index (χ0) is 10.1. The summed E-state index contributed by atoms with van der Waals surface area (Å²) >= 11 is 0. The SMILES string of the molecule is COC=C(C)CC1(OC)OC1(C)C. The lowest BCUT2D eigenvalue weighted by Crippen LogP contribution is -2.23. The van der Waals surface area contributed by atoms with Crippen LogP contribution in [0, 0.1) is 0 Å². The molecule has 0 amide bonds. The van der Waals surface area contributed by atoms with Crippen molar-refractivity contribution < 1.29 is 14.2 Å². The number of ether oxygens (including phenoxy) is 3. The molecule has 0 bridgehead atoms. The molecule has 1 heterocycles. The molecule has 3 nitrogen and oxygen atoms in total. The summed E-state index contributed by atoms with van der Waals surface area (Å²) in [5, 5.41) is 0. The lowest BCUT2D eigenvalue weighted by molar-refractivity contribution is -0.0102. The molecular formula is C10H18O3. The Labute approximate surface area is 79.7 Å². The zero-order valence-electron chi connectivity index (χ0n) is 9.01. The summed E-state index contributed by atoms with van der Waals surface area (Å²) in [6.45, 7) is 6.05. The van der Waals surface area contributed by atoms with E-state index in [0.717, 1.165) is 12.0 Å². The van der Waals surface area contributed by atoms with Crippen molar-refractivity contribution in [1.82, 2.24) is 0 Å². The summed E-state index contributed by atoms with van der Waals surface area (Å²) in [4.78, 5) is 0. The Morgan fingerprint density at radius 2 is 1.92 bits per heavy atom. The highest BCUT2D eigenvalue weighted by Crippen LogP contribution is 2.51. The summed E-state index contributed by atoms with van der Waals surface area (Å²) in [7, 11) is 3.32. The van der Waals surface area contributed by atoms with Gasteiger partial charge in [0, 0.05) is 13.5 Å². The Kier molecular flexibility index (Phi) is 2.68. The molecule has 1 fully saturated rings. The van der Waals surface area contributed by atoms with Gasteiger partial charge in [0.1, 0.15) is 5.60 Å². The highest BCUT2D eigenvalue weighted by atomic mass is 16.8. The molecule has 0 aromatic rings. The van der Waals surface area contributed by atoms with Gasteiger partial charge in [-0.05, 0) is 26.3 Å². The van der Waals surface area contributed by atoms with Crippen LogP contribution in [-0.2, 0) is 14.2 Å². The van der Waals surface area contributed by atoms with Gasteiger partial charge in [0.15, 0.2) is 0 Å². The number of rotatable bonds is 4. The lowest BCUT2D eigenvalue weighted by Gasteiger charge is -2.12. The van der Waals surface area contributed by atoms with Crippen molar-refractivity contribution in [3.8, 4) is 0 Å². The van der Waals surface area contributed by atoms with Crippen LogP contribution >= 0.6 is 0 Å². The van der Waals surface area contributed by atoms with Crippen molar-refractivity contribution >= 4 is 0 Å². The van der Waals surface area contributed by atoms with Crippen LogP contribution in [0.3, 0.4) is 0 Å². The molecule has 0 saturated carbocycles. The summed E-state index contributed by atoms with van der Waals surface area (Å²) in [5.41, 5.74) is 0.944. The normalized spacial score (nSPS) is 31.6. The van der Waals surface area contributed by atoms with Gasteiger partial charge in [-0.15, -0.1) is 0 Å². The molecule has 76 valence electrons. The minimum absolute atomic E-state index is 0.176. The maximum Gasteiger partial charge on any atom is 0.201 e. The first kappa shape index (κ1) is 10.5. The molecular weight excluding hydrogens is 168 g/mol. The van der Waals surface area contributed by atoms with E-state index in [0.29, 0.717) is 0 Å². The third-order valence-electron chi connectivity index (χ3n) is 2.46. The zero-order valence-corrected chi connectivity index (χ0v) is 9.01. The van der Waals surface area contributed by atoms with E-state index >= 15 is 0 Å². The van der Waals surface area contributed by atoms with Crippen molar-refractivity contribution in [3.05, 3.63) is 11.8 Å². The van der Waals surface area contributed by atoms with Crippen molar-refractivity contribution in [2.75, 3.05) is 14.2 Å². The molecule has 3 heteroatoms. The van der Waals surface area contributed by atoms with E-state index in [1.165, 1.54) is 0 Å². The van der Waals surface area contributed by atoms with Gasteiger partial charge in [0.2, 0.25) is 5.79 Å². The minimum Gasteiger partial charge on any atom is -0.504 e. The Morgan fingerprint density at radius 3 is 2.23 bits per heavy atom. The molecule has 1 unspecified atom stereocenters.